The molecule has 0 aliphatic rings. The molecule has 1 N–H and O–H groups in total. The van der Waals surface area contributed by atoms with Gasteiger partial charge >= 0.3 is 0 Å². The highest BCUT2D eigenvalue weighted by atomic mass is 79.9. The highest BCUT2D eigenvalue weighted by molar-refractivity contribution is 9.09. The van der Waals surface area contributed by atoms with Gasteiger partial charge in [0.05, 0.1) is 4.92 Å². The van der Waals surface area contributed by atoms with E-state index in [0.717, 1.165) is 18.7 Å². The first-order valence-electron chi connectivity index (χ1n) is 4.76. The molecule has 1 unspecified atom stereocenters. The molecule has 5 heteroatoms. The molecule has 0 bridgehead atoms. The molecule has 0 aliphatic carbocycles. The summed E-state index contributed by atoms with van der Waals surface area (Å²) in [5, 5.41) is 13.6. The molecule has 15 heavy (non-hydrogen) atoms. The van der Waals surface area contributed by atoms with Gasteiger partial charge in [0.2, 0.25) is 0 Å². The number of nitro benzene ring substituents is 1. The summed E-state index contributed by atoms with van der Waals surface area (Å²) in [4.78, 5) is 10.4. The first kappa shape index (κ1) is 12.0. The van der Waals surface area contributed by atoms with E-state index in [9.17, 15) is 10.1 Å². The van der Waals surface area contributed by atoms with Crippen LogP contribution in [0.5, 0.6) is 0 Å². The van der Waals surface area contributed by atoms with Crippen molar-refractivity contribution in [1.82, 2.24) is 0 Å². The fraction of sp³-hybridized carbons (Fsp3) is 0.400. The minimum Gasteiger partial charge on any atom is -0.384 e. The van der Waals surface area contributed by atoms with Crippen molar-refractivity contribution >= 4 is 27.3 Å². The number of non-ortho nitro benzene ring substituents is 1. The van der Waals surface area contributed by atoms with Crippen LogP contribution in [0.4, 0.5) is 11.4 Å². The fourth-order valence-corrected chi connectivity index (χ4v) is 1.24. The summed E-state index contributed by atoms with van der Waals surface area (Å²) in [6, 6.07) is 6.43. The van der Waals surface area contributed by atoms with E-state index in [1.807, 2.05) is 0 Å². The number of rotatable bonds is 5. The van der Waals surface area contributed by atoms with E-state index in [4.69, 9.17) is 0 Å². The number of nitrogens with one attached hydrogen (secondary N) is 1. The van der Waals surface area contributed by atoms with E-state index in [1.165, 1.54) is 12.1 Å². The van der Waals surface area contributed by atoms with E-state index in [-0.39, 0.29) is 5.69 Å². The summed E-state index contributed by atoms with van der Waals surface area (Å²) >= 11 is 3.50. The number of hydrogen-bond donors (Lipinski definition) is 1. The Hall–Kier alpha value is -1.10. The van der Waals surface area contributed by atoms with Crippen molar-refractivity contribution in [2.75, 3.05) is 11.9 Å². The van der Waals surface area contributed by atoms with Crippen LogP contribution < -0.4 is 5.32 Å². The lowest BCUT2D eigenvalue weighted by molar-refractivity contribution is -0.384. The molecule has 0 aliphatic heterocycles. The number of alkyl halides is 1. The molecule has 4 nitrogen and oxygen atoms in total. The van der Waals surface area contributed by atoms with Gasteiger partial charge in [0.25, 0.3) is 5.69 Å². The number of hydrogen-bond acceptors (Lipinski definition) is 3. The molecular formula is C10H13BrN2O2. The second kappa shape index (κ2) is 5.70. The Bertz CT molecular complexity index is 327. The molecule has 0 fully saturated rings. The van der Waals surface area contributed by atoms with Gasteiger partial charge in [0, 0.05) is 29.2 Å². The lowest BCUT2D eigenvalue weighted by Gasteiger charge is -2.09. The molecule has 0 radical (unpaired) electrons. The zero-order chi connectivity index (χ0) is 11.3. The van der Waals surface area contributed by atoms with Gasteiger partial charge in [-0.2, -0.15) is 0 Å². The average molecular weight is 273 g/mol. The molecular weight excluding hydrogens is 260 g/mol. The number of halogens is 1. The number of anilines is 1. The molecule has 1 aromatic rings. The smallest absolute Gasteiger partial charge is 0.269 e. The van der Waals surface area contributed by atoms with E-state index >= 15 is 0 Å². The summed E-state index contributed by atoms with van der Waals surface area (Å²) in [5.41, 5.74) is 1.02. The molecule has 0 spiro atoms. The monoisotopic (exact) mass is 272 g/mol. The number of benzene rings is 1. The van der Waals surface area contributed by atoms with E-state index in [1.54, 1.807) is 12.1 Å². The van der Waals surface area contributed by atoms with Crippen LogP contribution in [-0.2, 0) is 0 Å². The molecule has 0 amide bonds. The molecule has 1 aromatic carbocycles. The van der Waals surface area contributed by atoms with Crippen LogP contribution in [0.15, 0.2) is 24.3 Å². The molecule has 0 saturated carbocycles. The number of nitrogens with zero attached hydrogens (tertiary/aromatic N) is 1. The first-order chi connectivity index (χ1) is 7.13. The molecule has 1 rings (SSSR count). The van der Waals surface area contributed by atoms with Crippen molar-refractivity contribution in [3.8, 4) is 0 Å². The van der Waals surface area contributed by atoms with Gasteiger partial charge < -0.3 is 5.32 Å². The third-order valence-electron chi connectivity index (χ3n) is 2.05. The molecule has 0 aromatic heterocycles. The van der Waals surface area contributed by atoms with Gasteiger partial charge in [-0.05, 0) is 18.6 Å². The van der Waals surface area contributed by atoms with E-state index in [0.29, 0.717) is 4.83 Å². The maximum atomic E-state index is 10.4. The molecule has 0 heterocycles. The van der Waals surface area contributed by atoms with E-state index in [2.05, 4.69) is 28.2 Å². The Labute approximate surface area is 97.0 Å². The summed E-state index contributed by atoms with van der Waals surface area (Å²) < 4.78 is 0. The summed E-state index contributed by atoms with van der Waals surface area (Å²) in [5.74, 6) is 0. The second-order valence-electron chi connectivity index (χ2n) is 3.19. The normalized spacial score (nSPS) is 12.1. The van der Waals surface area contributed by atoms with Crippen LogP contribution >= 0.6 is 15.9 Å². The molecule has 82 valence electrons. The lowest BCUT2D eigenvalue weighted by atomic mass is 10.2. The van der Waals surface area contributed by atoms with Crippen molar-refractivity contribution in [2.45, 2.75) is 18.2 Å². The number of nitro groups is 1. The third kappa shape index (κ3) is 3.87. The van der Waals surface area contributed by atoms with Crippen LogP contribution in [0.1, 0.15) is 13.3 Å². The lowest BCUT2D eigenvalue weighted by Crippen LogP contribution is -2.12. The van der Waals surface area contributed by atoms with Gasteiger partial charge in [-0.1, -0.05) is 22.9 Å². The zero-order valence-electron chi connectivity index (χ0n) is 8.44. The van der Waals surface area contributed by atoms with Gasteiger partial charge in [-0.3, -0.25) is 10.1 Å². The third-order valence-corrected chi connectivity index (χ3v) is 3.02. The topological polar surface area (TPSA) is 55.2 Å². The Kier molecular flexibility index (Phi) is 4.55. The van der Waals surface area contributed by atoms with Crippen molar-refractivity contribution in [3.05, 3.63) is 34.4 Å². The molecule has 1 atom stereocenters. The van der Waals surface area contributed by atoms with Crippen molar-refractivity contribution in [3.63, 3.8) is 0 Å². The van der Waals surface area contributed by atoms with Gasteiger partial charge in [0.1, 0.15) is 0 Å². The summed E-state index contributed by atoms with van der Waals surface area (Å²) in [7, 11) is 0. The van der Waals surface area contributed by atoms with Gasteiger partial charge in [0.15, 0.2) is 0 Å². The van der Waals surface area contributed by atoms with Crippen LogP contribution in [0, 0.1) is 10.1 Å². The Morgan fingerprint density at radius 1 is 1.47 bits per heavy atom. The van der Waals surface area contributed by atoms with Crippen LogP contribution in [-0.4, -0.2) is 16.3 Å². The Morgan fingerprint density at radius 3 is 2.53 bits per heavy atom. The summed E-state index contributed by atoms with van der Waals surface area (Å²) in [6.45, 7) is 2.91. The minimum atomic E-state index is -0.400. The largest absolute Gasteiger partial charge is 0.384 e. The molecule has 0 saturated heterocycles. The Morgan fingerprint density at radius 2 is 2.07 bits per heavy atom. The van der Waals surface area contributed by atoms with Gasteiger partial charge in [-0.25, -0.2) is 0 Å². The predicted molar refractivity (Wildman–Crippen MR) is 64.6 cm³/mol. The second-order valence-corrected chi connectivity index (χ2v) is 4.49. The summed E-state index contributed by atoms with van der Waals surface area (Å²) in [6.07, 6.45) is 1.04. The van der Waals surface area contributed by atoms with Crippen molar-refractivity contribution < 1.29 is 4.92 Å². The van der Waals surface area contributed by atoms with Crippen molar-refractivity contribution in [2.24, 2.45) is 0 Å². The average Bonchev–Trinajstić information content (AvgIpc) is 2.26. The van der Waals surface area contributed by atoms with Crippen LogP contribution in [0.25, 0.3) is 0 Å². The first-order valence-corrected chi connectivity index (χ1v) is 5.67. The standard InChI is InChI=1S/C10H13BrN2O2/c1-2-8(11)7-12-9-3-5-10(6-4-9)13(14)15/h3-6,8,12H,2,7H2,1H3. The highest BCUT2D eigenvalue weighted by Crippen LogP contribution is 2.16. The minimum absolute atomic E-state index is 0.117. The fourth-order valence-electron chi connectivity index (χ4n) is 1.07. The van der Waals surface area contributed by atoms with Crippen LogP contribution in [0.3, 0.4) is 0 Å². The quantitative estimate of drug-likeness (QED) is 0.509. The zero-order valence-corrected chi connectivity index (χ0v) is 10.0. The predicted octanol–water partition coefficient (Wildman–Crippen LogP) is 3.18. The maximum Gasteiger partial charge on any atom is 0.269 e. The maximum absolute atomic E-state index is 10.4. The van der Waals surface area contributed by atoms with Crippen molar-refractivity contribution in [1.29, 1.82) is 0 Å². The Balaban J connectivity index is 2.53. The van der Waals surface area contributed by atoms with Crippen LogP contribution in [0.2, 0.25) is 0 Å². The highest BCUT2D eigenvalue weighted by Gasteiger charge is 2.04. The van der Waals surface area contributed by atoms with Gasteiger partial charge in [-0.15, -0.1) is 0 Å². The van der Waals surface area contributed by atoms with E-state index < -0.39 is 4.92 Å². The SMILES string of the molecule is CCC(Br)CNc1ccc([N+](=O)[O-])cc1.